The van der Waals surface area contributed by atoms with E-state index in [1.54, 1.807) is 12.1 Å². The zero-order valence-electron chi connectivity index (χ0n) is 9.36. The van der Waals surface area contributed by atoms with E-state index in [9.17, 15) is 0 Å². The molecule has 1 aromatic carbocycles. The first-order valence-electron chi connectivity index (χ1n) is 5.11. The highest BCUT2D eigenvalue weighted by Crippen LogP contribution is 2.43. The van der Waals surface area contributed by atoms with Crippen molar-refractivity contribution in [1.29, 1.82) is 0 Å². The monoisotopic (exact) mass is 323 g/mol. The number of hydrogen-bond acceptors (Lipinski definition) is 2. The summed E-state index contributed by atoms with van der Waals surface area (Å²) < 4.78 is 5.63. The summed E-state index contributed by atoms with van der Waals surface area (Å²) in [5.41, 5.74) is 0.551. The minimum atomic E-state index is 0.268. The number of benzene rings is 1. The molecular weight excluding hydrogens is 316 g/mol. The van der Waals surface area contributed by atoms with Gasteiger partial charge >= 0.3 is 0 Å². The van der Waals surface area contributed by atoms with Crippen LogP contribution in [-0.2, 0) is 6.54 Å². The van der Waals surface area contributed by atoms with E-state index in [1.807, 2.05) is 13.1 Å². The highest BCUT2D eigenvalue weighted by atomic mass is 35.5. The summed E-state index contributed by atoms with van der Waals surface area (Å²) in [7, 11) is 1.83. The molecule has 0 saturated heterocycles. The third-order valence-electron chi connectivity index (χ3n) is 2.37. The third kappa shape index (κ3) is 2.63. The molecular formula is C12H9Cl4NO. The summed E-state index contributed by atoms with van der Waals surface area (Å²) in [5, 5.41) is 4.27. The van der Waals surface area contributed by atoms with E-state index in [4.69, 9.17) is 50.8 Å². The quantitative estimate of drug-likeness (QED) is 0.613. The highest BCUT2D eigenvalue weighted by molar-refractivity contribution is 6.51. The van der Waals surface area contributed by atoms with Crippen LogP contribution in [0.1, 0.15) is 5.76 Å². The molecule has 0 aliphatic heterocycles. The zero-order valence-corrected chi connectivity index (χ0v) is 12.4. The second-order valence-electron chi connectivity index (χ2n) is 3.64. The Labute approximate surface area is 125 Å². The van der Waals surface area contributed by atoms with Gasteiger partial charge in [-0.2, -0.15) is 0 Å². The molecule has 6 heteroatoms. The maximum Gasteiger partial charge on any atom is 0.137 e. The van der Waals surface area contributed by atoms with Crippen LogP contribution in [0.25, 0.3) is 11.3 Å². The second kappa shape index (κ2) is 5.72. The first-order valence-corrected chi connectivity index (χ1v) is 6.62. The van der Waals surface area contributed by atoms with Gasteiger partial charge in [0.15, 0.2) is 0 Å². The molecule has 1 heterocycles. The predicted octanol–water partition coefficient (Wildman–Crippen LogP) is 5.28. The van der Waals surface area contributed by atoms with Crippen LogP contribution in [0.15, 0.2) is 22.6 Å². The molecule has 2 aromatic rings. The van der Waals surface area contributed by atoms with Crippen molar-refractivity contribution >= 4 is 46.4 Å². The fourth-order valence-corrected chi connectivity index (χ4v) is 2.67. The maximum absolute atomic E-state index is 6.15. The van der Waals surface area contributed by atoms with Crippen molar-refractivity contribution in [2.45, 2.75) is 6.54 Å². The summed E-state index contributed by atoms with van der Waals surface area (Å²) in [6.45, 7) is 0.622. The topological polar surface area (TPSA) is 25.2 Å². The smallest absolute Gasteiger partial charge is 0.137 e. The molecule has 1 N–H and O–H groups in total. The molecule has 1 aromatic heterocycles. The summed E-state index contributed by atoms with van der Waals surface area (Å²) in [6.07, 6.45) is 0. The number of furan rings is 1. The number of hydrogen-bond donors (Lipinski definition) is 1. The van der Waals surface area contributed by atoms with Crippen LogP contribution < -0.4 is 5.32 Å². The van der Waals surface area contributed by atoms with Crippen molar-refractivity contribution in [2.24, 2.45) is 0 Å². The van der Waals surface area contributed by atoms with Crippen molar-refractivity contribution in [3.8, 4) is 11.3 Å². The predicted molar refractivity (Wildman–Crippen MR) is 76.9 cm³/mol. The molecule has 2 rings (SSSR count). The van der Waals surface area contributed by atoms with Gasteiger partial charge in [0.25, 0.3) is 0 Å². The van der Waals surface area contributed by atoms with Gasteiger partial charge in [-0.15, -0.1) is 0 Å². The molecule has 2 nitrogen and oxygen atoms in total. The lowest BCUT2D eigenvalue weighted by atomic mass is 10.1. The largest absolute Gasteiger partial charge is 0.460 e. The lowest BCUT2D eigenvalue weighted by Gasteiger charge is -2.07. The SMILES string of the molecule is CNCc1ccc(-c2c(Cl)cc(Cl)c(Cl)c2Cl)o1. The van der Waals surface area contributed by atoms with Crippen molar-refractivity contribution < 1.29 is 4.42 Å². The molecule has 18 heavy (non-hydrogen) atoms. The van der Waals surface area contributed by atoms with Gasteiger partial charge < -0.3 is 9.73 Å². The molecule has 0 aliphatic rings. The molecule has 0 bridgehead atoms. The molecule has 0 amide bonds. The van der Waals surface area contributed by atoms with Gasteiger partial charge in [-0.1, -0.05) is 46.4 Å². The average Bonchev–Trinajstić information content (AvgIpc) is 2.75. The van der Waals surface area contributed by atoms with Gasteiger partial charge in [0, 0.05) is 0 Å². The maximum atomic E-state index is 6.15. The van der Waals surface area contributed by atoms with E-state index >= 15 is 0 Å². The Balaban J connectivity index is 2.53. The molecule has 0 fully saturated rings. The fourth-order valence-electron chi connectivity index (χ4n) is 1.57. The first kappa shape index (κ1) is 14.0. The van der Waals surface area contributed by atoms with E-state index < -0.39 is 0 Å². The third-order valence-corrected chi connectivity index (χ3v) is 3.93. The van der Waals surface area contributed by atoms with Crippen molar-refractivity contribution in [3.05, 3.63) is 44.0 Å². The van der Waals surface area contributed by atoms with E-state index in [-0.39, 0.29) is 5.02 Å². The lowest BCUT2D eigenvalue weighted by molar-refractivity contribution is 0.507. The van der Waals surface area contributed by atoms with Crippen LogP contribution in [-0.4, -0.2) is 7.05 Å². The van der Waals surface area contributed by atoms with E-state index in [0.717, 1.165) is 5.76 Å². The standard InChI is InChI=1S/C12H9Cl4NO/c1-17-5-6-2-3-9(18-6)10-7(13)4-8(14)11(15)12(10)16/h2-4,17H,5H2,1H3. The molecule has 0 spiro atoms. The van der Waals surface area contributed by atoms with Crippen LogP contribution >= 0.6 is 46.4 Å². The van der Waals surface area contributed by atoms with E-state index in [1.165, 1.54) is 0 Å². The Bertz CT molecular complexity index is 580. The minimum Gasteiger partial charge on any atom is -0.460 e. The van der Waals surface area contributed by atoms with Crippen LogP contribution in [0, 0.1) is 0 Å². The Morgan fingerprint density at radius 3 is 2.44 bits per heavy atom. The van der Waals surface area contributed by atoms with Gasteiger partial charge in [-0.05, 0) is 25.2 Å². The van der Waals surface area contributed by atoms with Gasteiger partial charge in [-0.3, -0.25) is 0 Å². The summed E-state index contributed by atoms with van der Waals surface area (Å²) >= 11 is 24.2. The molecule has 0 atom stereocenters. The fraction of sp³-hybridized carbons (Fsp3) is 0.167. The molecule has 0 unspecified atom stereocenters. The Morgan fingerprint density at radius 2 is 1.78 bits per heavy atom. The van der Waals surface area contributed by atoms with Gasteiger partial charge in [0.05, 0.1) is 32.2 Å². The summed E-state index contributed by atoms with van der Waals surface area (Å²) in [4.78, 5) is 0. The molecule has 0 aliphatic carbocycles. The number of rotatable bonds is 3. The van der Waals surface area contributed by atoms with Crippen LogP contribution in [0.4, 0.5) is 0 Å². The zero-order chi connectivity index (χ0) is 13.3. The molecule has 0 radical (unpaired) electrons. The highest BCUT2D eigenvalue weighted by Gasteiger charge is 2.18. The molecule has 0 saturated carbocycles. The lowest BCUT2D eigenvalue weighted by Crippen LogP contribution is -2.03. The van der Waals surface area contributed by atoms with Crippen LogP contribution in [0.3, 0.4) is 0 Å². The van der Waals surface area contributed by atoms with Gasteiger partial charge in [0.2, 0.25) is 0 Å². The number of halogens is 4. The Hall–Kier alpha value is -0.380. The van der Waals surface area contributed by atoms with Gasteiger partial charge in [-0.25, -0.2) is 0 Å². The average molecular weight is 325 g/mol. The van der Waals surface area contributed by atoms with E-state index in [0.29, 0.717) is 32.9 Å². The number of nitrogens with one attached hydrogen (secondary N) is 1. The summed E-state index contributed by atoms with van der Waals surface area (Å²) in [6, 6.07) is 5.19. The van der Waals surface area contributed by atoms with Crippen LogP contribution in [0.2, 0.25) is 20.1 Å². The molecule has 96 valence electrons. The minimum absolute atomic E-state index is 0.268. The Morgan fingerprint density at radius 1 is 1.06 bits per heavy atom. The second-order valence-corrected chi connectivity index (χ2v) is 5.21. The Kier molecular flexibility index (Phi) is 4.46. The van der Waals surface area contributed by atoms with Gasteiger partial charge in [0.1, 0.15) is 11.5 Å². The van der Waals surface area contributed by atoms with E-state index in [2.05, 4.69) is 5.32 Å². The van der Waals surface area contributed by atoms with Crippen LogP contribution in [0.5, 0.6) is 0 Å². The van der Waals surface area contributed by atoms with Crippen molar-refractivity contribution in [2.75, 3.05) is 7.05 Å². The van der Waals surface area contributed by atoms with Crippen molar-refractivity contribution in [3.63, 3.8) is 0 Å². The normalized spacial score (nSPS) is 10.9. The summed E-state index contributed by atoms with van der Waals surface area (Å²) in [5.74, 6) is 1.35. The van der Waals surface area contributed by atoms with Crippen molar-refractivity contribution in [1.82, 2.24) is 5.32 Å². The first-order chi connectivity index (χ1) is 8.54.